The van der Waals surface area contributed by atoms with Gasteiger partial charge in [-0.3, -0.25) is 0 Å². The topological polar surface area (TPSA) is 65.5 Å². The first kappa shape index (κ1) is 11.5. The van der Waals surface area contributed by atoms with E-state index >= 15 is 0 Å². The maximum Gasteiger partial charge on any atom is 0.323 e. The van der Waals surface area contributed by atoms with Crippen LogP contribution in [0.25, 0.3) is 0 Å². The van der Waals surface area contributed by atoms with Crippen LogP contribution in [-0.2, 0) is 0 Å². The zero-order valence-corrected chi connectivity index (χ0v) is 9.11. The van der Waals surface area contributed by atoms with Crippen LogP contribution in [0.3, 0.4) is 0 Å². The van der Waals surface area contributed by atoms with E-state index in [4.69, 9.17) is 14.2 Å². The molecule has 0 atom stereocenters. The second-order valence-corrected chi connectivity index (χ2v) is 2.69. The minimum atomic E-state index is 0.251. The van der Waals surface area contributed by atoms with Crippen LogP contribution >= 0.6 is 0 Å². The van der Waals surface area contributed by atoms with Gasteiger partial charge in [0.15, 0.2) is 0 Å². The Morgan fingerprint density at radius 3 is 2.27 bits per heavy atom. The van der Waals surface area contributed by atoms with E-state index in [0.717, 1.165) is 6.54 Å². The predicted molar refractivity (Wildman–Crippen MR) is 54.6 cm³/mol. The molecule has 6 nitrogen and oxygen atoms in total. The molecule has 0 saturated carbocycles. The molecular formula is C9H15N3O3. The maximum absolute atomic E-state index is 5.29. The molecule has 0 fully saturated rings. The van der Waals surface area contributed by atoms with Gasteiger partial charge in [-0.2, -0.15) is 9.97 Å². The van der Waals surface area contributed by atoms with Crippen molar-refractivity contribution in [1.29, 1.82) is 0 Å². The van der Waals surface area contributed by atoms with Crippen LogP contribution in [0, 0.1) is 0 Å². The van der Waals surface area contributed by atoms with E-state index in [2.05, 4.69) is 15.3 Å². The largest absolute Gasteiger partial charge is 0.481 e. The lowest BCUT2D eigenvalue weighted by Gasteiger charge is -2.07. The summed E-state index contributed by atoms with van der Waals surface area (Å²) >= 11 is 0. The third-order valence-electron chi connectivity index (χ3n) is 1.66. The van der Waals surface area contributed by atoms with E-state index in [1.165, 1.54) is 14.2 Å². The highest BCUT2D eigenvalue weighted by Crippen LogP contribution is 2.18. The fourth-order valence-electron chi connectivity index (χ4n) is 0.902. The van der Waals surface area contributed by atoms with E-state index in [1.54, 1.807) is 6.07 Å². The number of nitrogens with one attached hydrogen (secondary N) is 1. The van der Waals surface area contributed by atoms with E-state index in [-0.39, 0.29) is 6.01 Å². The SMILES string of the molecule is CNCCOc1nc(OC)cc(OC)n1. The molecule has 6 heteroatoms. The fourth-order valence-corrected chi connectivity index (χ4v) is 0.902. The summed E-state index contributed by atoms with van der Waals surface area (Å²) in [6.07, 6.45) is 0. The average Bonchev–Trinajstić information content (AvgIpc) is 2.29. The Hall–Kier alpha value is -1.56. The molecule has 0 bridgehead atoms. The van der Waals surface area contributed by atoms with Crippen LogP contribution in [0.5, 0.6) is 17.8 Å². The lowest BCUT2D eigenvalue weighted by atomic mass is 10.6. The average molecular weight is 213 g/mol. The van der Waals surface area contributed by atoms with Gasteiger partial charge in [-0.25, -0.2) is 0 Å². The Balaban J connectivity index is 2.68. The molecular weight excluding hydrogens is 198 g/mol. The van der Waals surface area contributed by atoms with Gasteiger partial charge >= 0.3 is 6.01 Å². The monoisotopic (exact) mass is 213 g/mol. The number of hydrogen-bond donors (Lipinski definition) is 1. The van der Waals surface area contributed by atoms with Crippen LogP contribution in [0.4, 0.5) is 0 Å². The standard InChI is InChI=1S/C9H15N3O3/c1-10-4-5-15-9-11-7(13-2)6-8(12-9)14-3/h6,10H,4-5H2,1-3H3. The van der Waals surface area contributed by atoms with Gasteiger partial charge in [0.05, 0.1) is 20.3 Å². The molecule has 1 rings (SSSR count). The summed E-state index contributed by atoms with van der Waals surface area (Å²) in [7, 11) is 4.90. The molecule has 0 aliphatic heterocycles. The van der Waals surface area contributed by atoms with Crippen LogP contribution in [-0.4, -0.2) is 44.4 Å². The van der Waals surface area contributed by atoms with Crippen molar-refractivity contribution in [2.45, 2.75) is 0 Å². The predicted octanol–water partition coefficient (Wildman–Crippen LogP) is 0.0920. The number of hydrogen-bond acceptors (Lipinski definition) is 6. The third kappa shape index (κ3) is 3.59. The highest BCUT2D eigenvalue weighted by atomic mass is 16.5. The molecule has 15 heavy (non-hydrogen) atoms. The Labute approximate surface area is 88.6 Å². The van der Waals surface area contributed by atoms with Crippen LogP contribution in [0.15, 0.2) is 6.07 Å². The zero-order chi connectivity index (χ0) is 11.1. The summed E-state index contributed by atoms with van der Waals surface area (Å²) in [5.41, 5.74) is 0. The molecule has 0 aliphatic carbocycles. The van der Waals surface area contributed by atoms with Crippen molar-refractivity contribution in [3.8, 4) is 17.8 Å². The van der Waals surface area contributed by atoms with Crippen LogP contribution in [0.2, 0.25) is 0 Å². The number of ether oxygens (including phenoxy) is 3. The number of likely N-dealkylation sites (N-methyl/N-ethyl adjacent to an activating group) is 1. The van der Waals surface area contributed by atoms with E-state index in [1.807, 2.05) is 7.05 Å². The maximum atomic E-state index is 5.29. The van der Waals surface area contributed by atoms with Gasteiger partial charge in [-0.1, -0.05) is 0 Å². The van der Waals surface area contributed by atoms with E-state index < -0.39 is 0 Å². The van der Waals surface area contributed by atoms with Gasteiger partial charge in [-0.15, -0.1) is 0 Å². The first-order valence-corrected chi connectivity index (χ1v) is 4.54. The molecule has 0 spiro atoms. The molecule has 0 amide bonds. The lowest BCUT2D eigenvalue weighted by Crippen LogP contribution is -2.17. The first-order valence-electron chi connectivity index (χ1n) is 4.54. The molecule has 0 aliphatic rings. The van der Waals surface area contributed by atoms with Gasteiger partial charge in [0.25, 0.3) is 0 Å². The smallest absolute Gasteiger partial charge is 0.323 e. The molecule has 1 aromatic rings. The van der Waals surface area contributed by atoms with Gasteiger partial charge in [0, 0.05) is 6.54 Å². The zero-order valence-electron chi connectivity index (χ0n) is 9.11. The van der Waals surface area contributed by atoms with Crippen molar-refractivity contribution in [3.63, 3.8) is 0 Å². The summed E-state index contributed by atoms with van der Waals surface area (Å²) in [4.78, 5) is 8.02. The molecule has 0 aromatic carbocycles. The van der Waals surface area contributed by atoms with Crippen molar-refractivity contribution < 1.29 is 14.2 Å². The second kappa shape index (κ2) is 6.02. The Morgan fingerprint density at radius 2 is 1.80 bits per heavy atom. The van der Waals surface area contributed by atoms with Gasteiger partial charge in [-0.05, 0) is 7.05 Å². The number of methoxy groups -OCH3 is 2. The van der Waals surface area contributed by atoms with Crippen molar-refractivity contribution >= 4 is 0 Å². The first-order chi connectivity index (χ1) is 7.30. The van der Waals surface area contributed by atoms with Gasteiger partial charge < -0.3 is 19.5 Å². The summed E-state index contributed by atoms with van der Waals surface area (Å²) in [5, 5.41) is 2.95. The summed E-state index contributed by atoms with van der Waals surface area (Å²) in [5.74, 6) is 0.836. The van der Waals surface area contributed by atoms with Gasteiger partial charge in [0.2, 0.25) is 11.8 Å². The molecule has 0 saturated heterocycles. The molecule has 0 radical (unpaired) electrons. The quantitative estimate of drug-likeness (QED) is 0.676. The van der Waals surface area contributed by atoms with E-state index in [9.17, 15) is 0 Å². The summed E-state index contributed by atoms with van der Waals surface area (Å²) in [6.45, 7) is 1.22. The summed E-state index contributed by atoms with van der Waals surface area (Å²) in [6, 6.07) is 1.84. The third-order valence-corrected chi connectivity index (χ3v) is 1.66. The molecule has 0 unspecified atom stereocenters. The van der Waals surface area contributed by atoms with Crippen molar-refractivity contribution in [3.05, 3.63) is 6.07 Å². The molecule has 1 aromatic heterocycles. The Morgan fingerprint density at radius 1 is 1.20 bits per heavy atom. The summed E-state index contributed by atoms with van der Waals surface area (Å²) < 4.78 is 15.2. The molecule has 1 N–H and O–H groups in total. The van der Waals surface area contributed by atoms with Crippen LogP contribution in [0.1, 0.15) is 0 Å². The highest BCUT2D eigenvalue weighted by Gasteiger charge is 2.05. The lowest BCUT2D eigenvalue weighted by molar-refractivity contribution is 0.277. The van der Waals surface area contributed by atoms with Crippen molar-refractivity contribution in [2.24, 2.45) is 0 Å². The van der Waals surface area contributed by atoms with Gasteiger partial charge in [0.1, 0.15) is 6.61 Å². The number of aromatic nitrogens is 2. The number of rotatable bonds is 6. The second-order valence-electron chi connectivity index (χ2n) is 2.69. The highest BCUT2D eigenvalue weighted by molar-refractivity contribution is 5.22. The number of nitrogens with zero attached hydrogens (tertiary/aromatic N) is 2. The van der Waals surface area contributed by atoms with E-state index in [0.29, 0.717) is 18.4 Å². The fraction of sp³-hybridized carbons (Fsp3) is 0.556. The molecule has 1 heterocycles. The van der Waals surface area contributed by atoms with Crippen LogP contribution < -0.4 is 19.5 Å². The normalized spacial score (nSPS) is 9.80. The Kier molecular flexibility index (Phi) is 4.62. The molecule has 84 valence electrons. The Bertz CT molecular complexity index is 284. The minimum absolute atomic E-state index is 0.251. The van der Waals surface area contributed by atoms with Crippen molar-refractivity contribution in [1.82, 2.24) is 15.3 Å². The van der Waals surface area contributed by atoms with Crippen molar-refractivity contribution in [2.75, 3.05) is 34.4 Å². The minimum Gasteiger partial charge on any atom is -0.481 e.